The molecule has 2 heterocycles. The van der Waals surface area contributed by atoms with Crippen LogP contribution in [-0.4, -0.2) is 78.0 Å². The van der Waals surface area contributed by atoms with Crippen LogP contribution in [-0.2, 0) is 16.0 Å². The van der Waals surface area contributed by atoms with Gasteiger partial charge in [0.25, 0.3) is 0 Å². The zero-order valence-electron chi connectivity index (χ0n) is 14.8. The summed E-state index contributed by atoms with van der Waals surface area (Å²) in [5.74, 6) is -1.30. The van der Waals surface area contributed by atoms with Crippen LogP contribution in [0.25, 0.3) is 0 Å². The van der Waals surface area contributed by atoms with E-state index in [9.17, 15) is 19.5 Å². The van der Waals surface area contributed by atoms with Gasteiger partial charge in [0.05, 0.1) is 6.42 Å². The fourth-order valence-electron chi connectivity index (χ4n) is 3.87. The lowest BCUT2D eigenvalue weighted by Crippen LogP contribution is -2.45. The van der Waals surface area contributed by atoms with Gasteiger partial charge in [0.2, 0.25) is 5.91 Å². The van der Waals surface area contributed by atoms with Crippen LogP contribution >= 0.6 is 11.6 Å². The molecule has 1 aromatic rings. The van der Waals surface area contributed by atoms with Gasteiger partial charge in [0.1, 0.15) is 5.41 Å². The van der Waals surface area contributed by atoms with Gasteiger partial charge in [-0.15, -0.1) is 0 Å². The van der Waals surface area contributed by atoms with Crippen molar-refractivity contribution in [2.75, 3.05) is 40.3 Å². The molecule has 140 valence electrons. The maximum absolute atomic E-state index is 12.6. The van der Waals surface area contributed by atoms with Crippen LogP contribution in [0.1, 0.15) is 5.56 Å². The summed E-state index contributed by atoms with van der Waals surface area (Å²) in [6, 6.07) is 6.85. The number of benzene rings is 1. The molecule has 2 aliphatic heterocycles. The molecule has 26 heavy (non-hydrogen) atoms. The Labute approximate surface area is 157 Å². The van der Waals surface area contributed by atoms with E-state index >= 15 is 0 Å². The lowest BCUT2D eigenvalue weighted by molar-refractivity contribution is -0.149. The molecule has 7 nitrogen and oxygen atoms in total. The van der Waals surface area contributed by atoms with E-state index in [-0.39, 0.29) is 37.4 Å². The summed E-state index contributed by atoms with van der Waals surface area (Å²) in [7, 11) is 3.29. The maximum Gasteiger partial charge on any atom is 0.319 e. The number of carboxylic acid groups (broad SMARTS) is 1. The molecule has 8 heteroatoms. The smallest absolute Gasteiger partial charge is 0.319 e. The van der Waals surface area contributed by atoms with Crippen molar-refractivity contribution in [1.29, 1.82) is 0 Å². The number of rotatable bonds is 3. The topological polar surface area (TPSA) is 81.2 Å². The average Bonchev–Trinajstić information content (AvgIpc) is 3.11. The van der Waals surface area contributed by atoms with Crippen LogP contribution in [0.4, 0.5) is 4.79 Å². The Bertz CT molecular complexity index is 736. The van der Waals surface area contributed by atoms with E-state index < -0.39 is 11.4 Å². The monoisotopic (exact) mass is 379 g/mol. The number of urea groups is 1. The van der Waals surface area contributed by atoms with Crippen LogP contribution in [0.3, 0.4) is 0 Å². The largest absolute Gasteiger partial charge is 0.481 e. The highest BCUT2D eigenvalue weighted by atomic mass is 35.5. The predicted octanol–water partition coefficient (Wildman–Crippen LogP) is 1.41. The minimum absolute atomic E-state index is 0.104. The van der Waals surface area contributed by atoms with E-state index in [1.807, 2.05) is 0 Å². The van der Waals surface area contributed by atoms with Crippen molar-refractivity contribution >= 4 is 29.5 Å². The number of hydrogen-bond donors (Lipinski definition) is 1. The number of amides is 3. The first kappa shape index (κ1) is 18.5. The van der Waals surface area contributed by atoms with Crippen molar-refractivity contribution in [3.63, 3.8) is 0 Å². The first-order valence-corrected chi connectivity index (χ1v) is 8.82. The van der Waals surface area contributed by atoms with E-state index in [2.05, 4.69) is 0 Å². The first-order chi connectivity index (χ1) is 12.2. The Balaban J connectivity index is 1.71. The molecule has 2 saturated heterocycles. The van der Waals surface area contributed by atoms with Crippen LogP contribution in [0, 0.1) is 11.3 Å². The molecule has 1 aromatic carbocycles. The molecule has 0 unspecified atom stereocenters. The van der Waals surface area contributed by atoms with E-state index in [0.717, 1.165) is 5.56 Å². The van der Waals surface area contributed by atoms with Crippen molar-refractivity contribution < 1.29 is 19.5 Å². The van der Waals surface area contributed by atoms with Gasteiger partial charge in [-0.25, -0.2) is 4.79 Å². The second kappa shape index (κ2) is 6.79. The Hall–Kier alpha value is -2.28. The summed E-state index contributed by atoms with van der Waals surface area (Å²) in [5.41, 5.74) is -0.244. The quantitative estimate of drug-likeness (QED) is 0.861. The zero-order valence-corrected chi connectivity index (χ0v) is 15.6. The second-order valence-corrected chi connectivity index (χ2v) is 7.73. The van der Waals surface area contributed by atoms with Crippen LogP contribution in [0.15, 0.2) is 24.3 Å². The summed E-state index contributed by atoms with van der Waals surface area (Å²) >= 11 is 5.86. The van der Waals surface area contributed by atoms with Gasteiger partial charge in [-0.1, -0.05) is 23.7 Å². The Morgan fingerprint density at radius 1 is 1.15 bits per heavy atom. The normalized spacial score (nSPS) is 24.5. The SMILES string of the molecule is CN(C)C(=O)N1C[C@@H]2CN(C(=O)Cc3ccc(Cl)cc3)C[C@]2(C(=O)O)C1. The molecule has 0 radical (unpaired) electrons. The van der Waals surface area contributed by atoms with Crippen molar-refractivity contribution in [1.82, 2.24) is 14.7 Å². The third-order valence-corrected chi connectivity index (χ3v) is 5.56. The summed E-state index contributed by atoms with van der Waals surface area (Å²) in [6.45, 7) is 0.981. The number of fused-ring (bicyclic) bond motifs is 1. The number of likely N-dealkylation sites (tertiary alicyclic amines) is 2. The van der Waals surface area contributed by atoms with E-state index in [1.54, 1.807) is 48.2 Å². The summed E-state index contributed by atoms with van der Waals surface area (Å²) < 4.78 is 0. The van der Waals surface area contributed by atoms with Gasteiger partial charge in [-0.3, -0.25) is 9.59 Å². The van der Waals surface area contributed by atoms with Gasteiger partial charge >= 0.3 is 12.0 Å². The Morgan fingerprint density at radius 2 is 1.73 bits per heavy atom. The lowest BCUT2D eigenvalue weighted by Gasteiger charge is -2.27. The third-order valence-electron chi connectivity index (χ3n) is 5.31. The molecular weight excluding hydrogens is 358 g/mol. The highest BCUT2D eigenvalue weighted by Crippen LogP contribution is 2.43. The summed E-state index contributed by atoms with van der Waals surface area (Å²) in [6.07, 6.45) is 0.208. The minimum Gasteiger partial charge on any atom is -0.481 e. The lowest BCUT2D eigenvalue weighted by atomic mass is 9.81. The first-order valence-electron chi connectivity index (χ1n) is 8.45. The number of nitrogens with zero attached hydrogens (tertiary/aromatic N) is 3. The molecule has 0 aromatic heterocycles. The summed E-state index contributed by atoms with van der Waals surface area (Å²) in [5, 5.41) is 10.4. The van der Waals surface area contributed by atoms with Crippen molar-refractivity contribution in [2.24, 2.45) is 11.3 Å². The number of aliphatic carboxylic acids is 1. The number of hydrogen-bond acceptors (Lipinski definition) is 3. The van der Waals surface area contributed by atoms with Crippen LogP contribution in [0.5, 0.6) is 0 Å². The molecule has 2 aliphatic rings. The molecule has 0 saturated carbocycles. The highest BCUT2D eigenvalue weighted by Gasteiger charge is 2.59. The van der Waals surface area contributed by atoms with E-state index in [1.165, 1.54) is 4.90 Å². The van der Waals surface area contributed by atoms with Gasteiger partial charge in [0, 0.05) is 51.2 Å². The molecule has 0 aliphatic carbocycles. The van der Waals surface area contributed by atoms with Crippen molar-refractivity contribution in [3.8, 4) is 0 Å². The fraction of sp³-hybridized carbons (Fsp3) is 0.500. The highest BCUT2D eigenvalue weighted by molar-refractivity contribution is 6.30. The van der Waals surface area contributed by atoms with Gasteiger partial charge < -0.3 is 19.8 Å². The standard InChI is InChI=1S/C18H22ClN3O4/c1-20(2)17(26)22-9-13-8-21(10-18(13,11-22)16(24)25)15(23)7-12-3-5-14(19)6-4-12/h3-6,13H,7-11H2,1-2H3,(H,24,25)/t13-,18-/m0/s1. The number of halogens is 1. The maximum atomic E-state index is 12.6. The van der Waals surface area contributed by atoms with E-state index in [0.29, 0.717) is 18.1 Å². The average molecular weight is 380 g/mol. The molecule has 0 spiro atoms. The van der Waals surface area contributed by atoms with Crippen molar-refractivity contribution in [3.05, 3.63) is 34.9 Å². The number of carbonyl (C=O) groups excluding carboxylic acids is 2. The molecule has 3 rings (SSSR count). The predicted molar refractivity (Wildman–Crippen MR) is 96.0 cm³/mol. The van der Waals surface area contributed by atoms with E-state index in [4.69, 9.17) is 11.6 Å². The molecule has 2 atom stereocenters. The number of carbonyl (C=O) groups is 3. The van der Waals surface area contributed by atoms with Crippen LogP contribution < -0.4 is 0 Å². The molecule has 2 fully saturated rings. The van der Waals surface area contributed by atoms with Gasteiger partial charge in [-0.05, 0) is 17.7 Å². The second-order valence-electron chi connectivity index (χ2n) is 7.29. The number of carboxylic acids is 1. The molecule has 0 bridgehead atoms. The Kier molecular flexibility index (Phi) is 4.84. The summed E-state index contributed by atoms with van der Waals surface area (Å²) in [4.78, 5) is 41.5. The fourth-order valence-corrected chi connectivity index (χ4v) is 4.00. The molecule has 3 amide bonds. The Morgan fingerprint density at radius 3 is 2.27 bits per heavy atom. The zero-order chi connectivity index (χ0) is 19.1. The molecule has 1 N–H and O–H groups in total. The minimum atomic E-state index is -1.08. The van der Waals surface area contributed by atoms with Gasteiger partial charge in [-0.2, -0.15) is 0 Å². The van der Waals surface area contributed by atoms with Gasteiger partial charge in [0.15, 0.2) is 0 Å². The molecular formula is C18H22ClN3O4. The van der Waals surface area contributed by atoms with Crippen LogP contribution in [0.2, 0.25) is 5.02 Å². The van der Waals surface area contributed by atoms with Crippen molar-refractivity contribution in [2.45, 2.75) is 6.42 Å². The third kappa shape index (κ3) is 3.23.